The van der Waals surface area contributed by atoms with Crippen molar-refractivity contribution in [3.05, 3.63) is 173 Å². The summed E-state index contributed by atoms with van der Waals surface area (Å²) in [4.78, 5) is 14.4. The molecule has 0 saturated carbocycles. The van der Waals surface area contributed by atoms with Crippen LogP contribution in [-0.4, -0.2) is 17.0 Å². The number of pyridine rings is 1. The summed E-state index contributed by atoms with van der Waals surface area (Å²) >= 11 is 0. The predicted octanol–water partition coefficient (Wildman–Crippen LogP) is 9.20. The van der Waals surface area contributed by atoms with E-state index in [0.717, 1.165) is 27.9 Å². The molecule has 1 aromatic heterocycles. The Labute approximate surface area is 247 Å². The van der Waals surface area contributed by atoms with Crippen LogP contribution in [0.3, 0.4) is 0 Å². The number of fused-ring (bicyclic) bond motifs is 4. The van der Waals surface area contributed by atoms with E-state index in [-0.39, 0.29) is 6.04 Å². The van der Waals surface area contributed by atoms with Crippen LogP contribution in [-0.2, 0) is 5.41 Å². The normalized spacial score (nSPS) is 14.6. The number of rotatable bonds is 5. The molecule has 0 aliphatic heterocycles. The van der Waals surface area contributed by atoms with Crippen LogP contribution >= 0.6 is 0 Å². The molecule has 1 heterocycles. The Balaban J connectivity index is 1.41. The minimum Gasteiger partial charge on any atom is -0.258 e. The fourth-order valence-corrected chi connectivity index (χ4v) is 6.50. The lowest BCUT2D eigenvalue weighted by Gasteiger charge is -2.34. The zero-order valence-electron chi connectivity index (χ0n) is 23.8. The Kier molecular flexibility index (Phi) is 6.56. The average Bonchev–Trinajstić information content (AvgIpc) is 3.35. The molecule has 0 amide bonds. The third-order valence-corrected chi connectivity index (χ3v) is 8.39. The van der Waals surface area contributed by atoms with E-state index >= 15 is 0 Å². The number of hydrogen-bond acceptors (Lipinski definition) is 2. The number of aromatic nitrogens is 1. The summed E-state index contributed by atoms with van der Waals surface area (Å²) in [5.41, 5.74) is 10.4. The Hall–Kier alpha value is -5.15. The molecule has 1 unspecified atom stereocenters. The van der Waals surface area contributed by atoms with E-state index < -0.39 is 5.41 Å². The zero-order chi connectivity index (χ0) is 28.5. The number of benzene rings is 5. The summed E-state index contributed by atoms with van der Waals surface area (Å²) in [7, 11) is 0. The van der Waals surface area contributed by atoms with Gasteiger partial charge in [0, 0.05) is 23.4 Å². The molecule has 0 saturated heterocycles. The monoisotopic (exact) mass is 541 g/mol. The lowest BCUT2D eigenvalue weighted by molar-refractivity contribution is 0.757. The molecule has 0 radical (unpaired) electrons. The second-order valence-electron chi connectivity index (χ2n) is 10.8. The topological polar surface area (TPSA) is 37.6 Å². The quantitative estimate of drug-likeness (QED) is 0.158. The summed E-state index contributed by atoms with van der Waals surface area (Å²) in [5.74, 6) is 0.719. The first-order valence-electron chi connectivity index (χ1n) is 14.5. The fraction of sp³-hybridized carbons (Fsp3) is 0.103. The van der Waals surface area contributed by atoms with Crippen molar-refractivity contribution in [3.8, 4) is 11.1 Å². The van der Waals surface area contributed by atoms with Crippen molar-refractivity contribution in [2.75, 3.05) is 0 Å². The summed E-state index contributed by atoms with van der Waals surface area (Å²) in [5, 5.41) is 1.08. The summed E-state index contributed by atoms with van der Waals surface area (Å²) in [6, 6.07) is 47.7. The van der Waals surface area contributed by atoms with Gasteiger partial charge in [-0.15, -0.1) is 0 Å². The molecule has 42 heavy (non-hydrogen) atoms. The van der Waals surface area contributed by atoms with Gasteiger partial charge in [0.25, 0.3) is 0 Å². The highest BCUT2D eigenvalue weighted by Crippen LogP contribution is 2.56. The van der Waals surface area contributed by atoms with E-state index in [1.54, 1.807) is 0 Å². The van der Waals surface area contributed by atoms with Gasteiger partial charge in [-0.2, -0.15) is 0 Å². The van der Waals surface area contributed by atoms with E-state index in [2.05, 4.69) is 133 Å². The van der Waals surface area contributed by atoms with Crippen molar-refractivity contribution in [2.24, 2.45) is 9.98 Å². The minimum absolute atomic E-state index is 0.105. The summed E-state index contributed by atoms with van der Waals surface area (Å²) < 4.78 is 0. The Morgan fingerprint density at radius 2 is 1.38 bits per heavy atom. The third-order valence-electron chi connectivity index (χ3n) is 8.39. The molecule has 0 N–H and O–H groups in total. The van der Waals surface area contributed by atoms with Gasteiger partial charge in [-0.05, 0) is 77.1 Å². The van der Waals surface area contributed by atoms with Gasteiger partial charge in [-0.25, -0.2) is 4.99 Å². The first kappa shape index (κ1) is 25.8. The fourth-order valence-electron chi connectivity index (χ4n) is 6.50. The Bertz CT molecular complexity index is 1920. The van der Waals surface area contributed by atoms with Crippen LogP contribution in [0.2, 0.25) is 0 Å². The van der Waals surface area contributed by atoms with E-state index in [0.29, 0.717) is 0 Å². The van der Waals surface area contributed by atoms with E-state index in [9.17, 15) is 0 Å². The first-order chi connectivity index (χ1) is 20.7. The van der Waals surface area contributed by atoms with E-state index in [1.165, 1.54) is 33.4 Å². The van der Waals surface area contributed by atoms with E-state index in [1.807, 2.05) is 31.5 Å². The van der Waals surface area contributed by atoms with Gasteiger partial charge in [-0.1, -0.05) is 109 Å². The van der Waals surface area contributed by atoms with Crippen molar-refractivity contribution in [3.63, 3.8) is 0 Å². The second kappa shape index (κ2) is 10.7. The lowest BCUT2D eigenvalue weighted by atomic mass is 9.67. The Morgan fingerprint density at radius 1 is 0.690 bits per heavy atom. The van der Waals surface area contributed by atoms with E-state index in [4.69, 9.17) is 9.98 Å². The zero-order valence-corrected chi connectivity index (χ0v) is 23.8. The standard InChI is InChI=1S/C39H31N3/c1-3-40-38(30-21-23-37-29(25-30)13-12-24-41-37)42-27(2)28-20-22-34-33-18-10-11-19-35(33)39(36(34)26-28,31-14-6-4-7-15-31)32-16-8-5-9-17-32/h3-27H,1-2H3. The molecular formula is C39H31N3. The van der Waals surface area contributed by atoms with Crippen LogP contribution in [0.4, 0.5) is 0 Å². The highest BCUT2D eigenvalue weighted by molar-refractivity contribution is 6.05. The van der Waals surface area contributed by atoms with Gasteiger partial charge in [0.15, 0.2) is 5.84 Å². The van der Waals surface area contributed by atoms with Gasteiger partial charge >= 0.3 is 0 Å². The predicted molar refractivity (Wildman–Crippen MR) is 175 cm³/mol. The SMILES string of the molecule is CC=NC(=NC(C)c1ccc2c(c1)C(c1ccccc1)(c1ccccc1)c1ccccc1-2)c1ccc2ncccc2c1. The largest absolute Gasteiger partial charge is 0.258 e. The molecule has 1 atom stereocenters. The molecule has 1 aliphatic rings. The van der Waals surface area contributed by atoms with Crippen LogP contribution in [0.15, 0.2) is 150 Å². The maximum atomic E-state index is 5.18. The molecule has 0 fully saturated rings. The van der Waals surface area contributed by atoms with Gasteiger partial charge in [0.2, 0.25) is 0 Å². The van der Waals surface area contributed by atoms with Gasteiger partial charge in [0.1, 0.15) is 0 Å². The molecule has 1 aliphatic carbocycles. The van der Waals surface area contributed by atoms with Crippen molar-refractivity contribution >= 4 is 23.0 Å². The highest BCUT2D eigenvalue weighted by atomic mass is 14.9. The summed E-state index contributed by atoms with van der Waals surface area (Å²) in [6.45, 7) is 4.09. The molecule has 0 spiro atoms. The molecule has 0 bridgehead atoms. The lowest BCUT2D eigenvalue weighted by Crippen LogP contribution is -2.28. The van der Waals surface area contributed by atoms with Gasteiger partial charge in [-0.3, -0.25) is 9.98 Å². The average molecular weight is 542 g/mol. The van der Waals surface area contributed by atoms with Gasteiger partial charge in [0.05, 0.1) is 17.0 Å². The number of amidine groups is 1. The minimum atomic E-state index is -0.427. The Morgan fingerprint density at radius 3 is 2.12 bits per heavy atom. The van der Waals surface area contributed by atoms with Crippen molar-refractivity contribution in [2.45, 2.75) is 25.3 Å². The van der Waals surface area contributed by atoms with Gasteiger partial charge < -0.3 is 0 Å². The summed E-state index contributed by atoms with van der Waals surface area (Å²) in [6.07, 6.45) is 3.63. The van der Waals surface area contributed by atoms with Crippen LogP contribution < -0.4 is 0 Å². The molecule has 7 rings (SSSR count). The maximum Gasteiger partial charge on any atom is 0.154 e. The second-order valence-corrected chi connectivity index (χ2v) is 10.8. The molecule has 202 valence electrons. The number of nitrogens with zero attached hydrogens (tertiary/aromatic N) is 3. The molecule has 6 aromatic rings. The van der Waals surface area contributed by atoms with Crippen molar-refractivity contribution < 1.29 is 0 Å². The number of hydrogen-bond donors (Lipinski definition) is 0. The first-order valence-corrected chi connectivity index (χ1v) is 14.5. The van der Waals surface area contributed by atoms with Crippen molar-refractivity contribution in [1.82, 2.24) is 4.98 Å². The van der Waals surface area contributed by atoms with Crippen LogP contribution in [0.25, 0.3) is 22.0 Å². The van der Waals surface area contributed by atoms with Crippen molar-refractivity contribution in [1.29, 1.82) is 0 Å². The molecular weight excluding hydrogens is 510 g/mol. The highest BCUT2D eigenvalue weighted by Gasteiger charge is 2.46. The molecule has 5 aromatic carbocycles. The van der Waals surface area contributed by atoms with Crippen LogP contribution in [0.1, 0.15) is 53.3 Å². The molecule has 3 heteroatoms. The third kappa shape index (κ3) is 4.17. The van der Waals surface area contributed by atoms with Crippen LogP contribution in [0.5, 0.6) is 0 Å². The smallest absolute Gasteiger partial charge is 0.154 e. The number of aliphatic imine (C=N–C) groups is 2. The van der Waals surface area contributed by atoms with Crippen LogP contribution in [0, 0.1) is 0 Å². The maximum absolute atomic E-state index is 5.18. The molecule has 3 nitrogen and oxygen atoms in total.